The van der Waals surface area contributed by atoms with E-state index in [1.165, 1.54) is 0 Å². The average Bonchev–Trinajstić information content (AvgIpc) is 2.18. The monoisotopic (exact) mass is 176 g/mol. The van der Waals surface area contributed by atoms with E-state index >= 15 is 0 Å². The molecule has 0 bridgehead atoms. The van der Waals surface area contributed by atoms with E-state index in [-0.39, 0.29) is 17.9 Å². The number of carbonyl (C=O) groups excluding carboxylic acids is 1. The van der Waals surface area contributed by atoms with Gasteiger partial charge in [0.15, 0.2) is 5.78 Å². The van der Waals surface area contributed by atoms with Gasteiger partial charge in [-0.05, 0) is 6.08 Å². The second kappa shape index (κ2) is 4.21. The summed E-state index contributed by atoms with van der Waals surface area (Å²) in [6.45, 7) is 0. The fourth-order valence-electron chi connectivity index (χ4n) is 1.09. The Balaban J connectivity index is 2.81. The molecule has 0 aromatic carbocycles. The second-order valence-electron chi connectivity index (χ2n) is 2.55. The third-order valence-electron chi connectivity index (χ3n) is 1.72. The van der Waals surface area contributed by atoms with Crippen molar-refractivity contribution in [1.29, 1.82) is 5.26 Å². The number of nitriles is 1. The first-order chi connectivity index (χ1) is 6.29. The van der Waals surface area contributed by atoms with Crippen molar-refractivity contribution in [2.75, 3.05) is 0 Å². The molecule has 0 amide bonds. The minimum absolute atomic E-state index is 0.165. The zero-order chi connectivity index (χ0) is 9.68. The second-order valence-corrected chi connectivity index (χ2v) is 2.55. The molecule has 0 heterocycles. The van der Waals surface area contributed by atoms with Gasteiger partial charge in [0.1, 0.15) is 0 Å². The summed E-state index contributed by atoms with van der Waals surface area (Å²) in [6.07, 6.45) is 6.34. The Morgan fingerprint density at radius 2 is 2.46 bits per heavy atom. The molecule has 1 aliphatic carbocycles. The van der Waals surface area contributed by atoms with E-state index in [1.807, 2.05) is 0 Å². The van der Waals surface area contributed by atoms with Crippen LogP contribution in [0.25, 0.3) is 0 Å². The van der Waals surface area contributed by atoms with Crippen LogP contribution in [0.5, 0.6) is 0 Å². The highest BCUT2D eigenvalue weighted by Gasteiger charge is 2.21. The van der Waals surface area contributed by atoms with Crippen molar-refractivity contribution in [2.45, 2.75) is 6.42 Å². The molecule has 0 aliphatic heterocycles. The number of hydrogen-bond acceptors (Lipinski definition) is 4. The highest BCUT2D eigenvalue weighted by Crippen LogP contribution is 2.12. The van der Waals surface area contributed by atoms with Crippen molar-refractivity contribution in [3.63, 3.8) is 0 Å². The van der Waals surface area contributed by atoms with E-state index in [0.29, 0.717) is 0 Å². The molecule has 0 radical (unpaired) electrons. The average molecular weight is 176 g/mol. The smallest absolute Gasteiger partial charge is 0.159 e. The molecule has 13 heavy (non-hydrogen) atoms. The predicted octanol–water partition coefficient (Wildman–Crippen LogP) is 1.04. The molecule has 66 valence electrons. The molecule has 1 aliphatic rings. The maximum Gasteiger partial charge on any atom is 0.159 e. The Labute approximate surface area is 75.5 Å². The first-order valence-electron chi connectivity index (χ1n) is 3.76. The van der Waals surface area contributed by atoms with Crippen molar-refractivity contribution in [3.8, 4) is 6.07 Å². The quantitative estimate of drug-likeness (QED) is 0.504. The SMILES string of the molecule is N#CCC(=O)C1C=CC=CC1=NO. The van der Waals surface area contributed by atoms with Crippen LogP contribution in [0.1, 0.15) is 6.42 Å². The number of Topliss-reactive ketones (excluding diaryl/α,β-unsaturated/α-hetero) is 1. The fraction of sp³-hybridized carbons (Fsp3) is 0.222. The number of nitrogens with zero attached hydrogens (tertiary/aromatic N) is 2. The zero-order valence-corrected chi connectivity index (χ0v) is 6.84. The van der Waals surface area contributed by atoms with Crippen LogP contribution in [0, 0.1) is 17.2 Å². The van der Waals surface area contributed by atoms with Crippen LogP contribution in [0.2, 0.25) is 0 Å². The largest absolute Gasteiger partial charge is 0.411 e. The van der Waals surface area contributed by atoms with Crippen LogP contribution in [-0.2, 0) is 4.79 Å². The molecule has 0 aromatic rings. The van der Waals surface area contributed by atoms with Gasteiger partial charge in [0.2, 0.25) is 0 Å². The lowest BCUT2D eigenvalue weighted by Gasteiger charge is -2.10. The maximum absolute atomic E-state index is 11.3. The minimum Gasteiger partial charge on any atom is -0.411 e. The third kappa shape index (κ3) is 2.03. The third-order valence-corrected chi connectivity index (χ3v) is 1.72. The van der Waals surface area contributed by atoms with Crippen LogP contribution in [0.15, 0.2) is 29.5 Å². The molecule has 0 fully saturated rings. The lowest BCUT2D eigenvalue weighted by Crippen LogP contribution is -2.21. The molecule has 0 saturated heterocycles. The van der Waals surface area contributed by atoms with Crippen molar-refractivity contribution in [2.24, 2.45) is 11.1 Å². The Morgan fingerprint density at radius 1 is 1.69 bits per heavy atom. The van der Waals surface area contributed by atoms with Gasteiger partial charge < -0.3 is 5.21 Å². The van der Waals surface area contributed by atoms with Gasteiger partial charge >= 0.3 is 0 Å². The van der Waals surface area contributed by atoms with Crippen LogP contribution < -0.4 is 0 Å². The number of hydrogen-bond donors (Lipinski definition) is 1. The molecule has 0 aromatic heterocycles. The topological polar surface area (TPSA) is 73.5 Å². The minimum atomic E-state index is -0.574. The van der Waals surface area contributed by atoms with Gasteiger partial charge in [-0.1, -0.05) is 23.4 Å². The van der Waals surface area contributed by atoms with Gasteiger partial charge in [0.05, 0.1) is 24.1 Å². The van der Waals surface area contributed by atoms with Crippen molar-refractivity contribution in [1.82, 2.24) is 0 Å². The number of ketones is 1. The highest BCUT2D eigenvalue weighted by atomic mass is 16.4. The number of rotatable bonds is 2. The molecule has 1 N–H and O–H groups in total. The standard InChI is InChI=1S/C9H8N2O2/c10-6-5-9(12)7-3-1-2-4-8(7)11-13/h1-4,7,13H,5H2. The molecule has 1 rings (SSSR count). The van der Waals surface area contributed by atoms with E-state index in [2.05, 4.69) is 5.16 Å². The normalized spacial score (nSPS) is 23.0. The highest BCUT2D eigenvalue weighted by molar-refractivity contribution is 6.13. The maximum atomic E-state index is 11.3. The number of allylic oxidation sites excluding steroid dienone is 4. The summed E-state index contributed by atoms with van der Waals surface area (Å²) < 4.78 is 0. The van der Waals surface area contributed by atoms with E-state index in [9.17, 15) is 4.79 Å². The summed E-state index contributed by atoms with van der Waals surface area (Å²) in [7, 11) is 0. The molecular formula is C9H8N2O2. The molecule has 4 heteroatoms. The summed E-state index contributed by atoms with van der Waals surface area (Å²) in [4.78, 5) is 11.3. The predicted molar refractivity (Wildman–Crippen MR) is 46.2 cm³/mol. The number of carbonyl (C=O) groups is 1. The Morgan fingerprint density at radius 3 is 3.08 bits per heavy atom. The van der Waals surface area contributed by atoms with Crippen molar-refractivity contribution >= 4 is 11.5 Å². The summed E-state index contributed by atoms with van der Waals surface area (Å²) in [5.41, 5.74) is 0.280. The molecule has 0 spiro atoms. The first-order valence-corrected chi connectivity index (χ1v) is 3.76. The Hall–Kier alpha value is -1.89. The van der Waals surface area contributed by atoms with Crippen LogP contribution in [0.4, 0.5) is 0 Å². The van der Waals surface area contributed by atoms with Crippen LogP contribution in [0.3, 0.4) is 0 Å². The van der Waals surface area contributed by atoms with Crippen LogP contribution in [-0.4, -0.2) is 16.7 Å². The molecule has 1 atom stereocenters. The zero-order valence-electron chi connectivity index (χ0n) is 6.84. The summed E-state index contributed by atoms with van der Waals surface area (Å²) >= 11 is 0. The van der Waals surface area contributed by atoms with E-state index in [0.717, 1.165) is 0 Å². The van der Waals surface area contributed by atoms with Gasteiger partial charge in [-0.3, -0.25) is 4.79 Å². The summed E-state index contributed by atoms with van der Waals surface area (Å²) in [5.74, 6) is -0.828. The van der Waals surface area contributed by atoms with E-state index in [1.54, 1.807) is 30.4 Å². The molecule has 4 nitrogen and oxygen atoms in total. The Kier molecular flexibility index (Phi) is 2.98. The molecule has 1 unspecified atom stereocenters. The number of oxime groups is 1. The van der Waals surface area contributed by atoms with Crippen molar-refractivity contribution in [3.05, 3.63) is 24.3 Å². The van der Waals surface area contributed by atoms with E-state index in [4.69, 9.17) is 10.5 Å². The lowest BCUT2D eigenvalue weighted by atomic mass is 9.93. The Bertz CT molecular complexity index is 334. The van der Waals surface area contributed by atoms with Crippen molar-refractivity contribution < 1.29 is 10.0 Å². The van der Waals surface area contributed by atoms with Gasteiger partial charge in [-0.25, -0.2) is 0 Å². The van der Waals surface area contributed by atoms with Gasteiger partial charge in [-0.15, -0.1) is 0 Å². The molecular weight excluding hydrogens is 168 g/mol. The first kappa shape index (κ1) is 9.20. The van der Waals surface area contributed by atoms with Gasteiger partial charge in [-0.2, -0.15) is 5.26 Å². The fourth-order valence-corrected chi connectivity index (χ4v) is 1.09. The van der Waals surface area contributed by atoms with Gasteiger partial charge in [0.25, 0.3) is 0 Å². The van der Waals surface area contributed by atoms with Crippen LogP contribution >= 0.6 is 0 Å². The lowest BCUT2D eigenvalue weighted by molar-refractivity contribution is -0.118. The van der Waals surface area contributed by atoms with Gasteiger partial charge in [0, 0.05) is 0 Å². The molecule has 0 saturated carbocycles. The summed E-state index contributed by atoms with van der Waals surface area (Å²) in [6, 6.07) is 1.77. The van der Waals surface area contributed by atoms with E-state index < -0.39 is 5.92 Å². The summed E-state index contributed by atoms with van der Waals surface area (Å²) in [5, 5.41) is 19.8.